The molecule has 0 aromatic heterocycles. The van der Waals surface area contributed by atoms with Gasteiger partial charge in [-0.3, -0.25) is 10.1 Å². The molecule has 0 heterocycles. The summed E-state index contributed by atoms with van der Waals surface area (Å²) < 4.78 is 0. The fourth-order valence-corrected chi connectivity index (χ4v) is 3.10. The Morgan fingerprint density at radius 2 is 2.16 bits per heavy atom. The summed E-state index contributed by atoms with van der Waals surface area (Å²) >= 11 is 5.91. The molecule has 0 amide bonds. The summed E-state index contributed by atoms with van der Waals surface area (Å²) in [6.07, 6.45) is 5.34. The highest BCUT2D eigenvalue weighted by molar-refractivity contribution is 6.30. The lowest BCUT2D eigenvalue weighted by molar-refractivity contribution is -0.385. The van der Waals surface area contributed by atoms with Crippen molar-refractivity contribution in [2.45, 2.75) is 32.2 Å². The first kappa shape index (κ1) is 12.9. The van der Waals surface area contributed by atoms with Crippen LogP contribution in [0, 0.1) is 21.4 Å². The standard InChI is InChI=1S/C14H17ClN2O2/c15-12-3-4-13(17(18)19)10(7-12)8-16-9-14(5-6-14)11-1-2-11/h3-4,7,11,16H,1-2,5-6,8-9H2. The van der Waals surface area contributed by atoms with Crippen LogP contribution < -0.4 is 5.32 Å². The Bertz CT molecular complexity index is 510. The highest BCUT2D eigenvalue weighted by Crippen LogP contribution is 2.60. The Morgan fingerprint density at radius 1 is 1.42 bits per heavy atom. The topological polar surface area (TPSA) is 55.2 Å². The number of hydrogen-bond donors (Lipinski definition) is 1. The molecule has 0 saturated heterocycles. The number of nitrogens with one attached hydrogen (secondary N) is 1. The quantitative estimate of drug-likeness (QED) is 0.641. The van der Waals surface area contributed by atoms with Gasteiger partial charge in [0.25, 0.3) is 5.69 Å². The average Bonchev–Trinajstić information content (AvgIpc) is 3.23. The maximum Gasteiger partial charge on any atom is 0.273 e. The molecule has 2 aliphatic rings. The SMILES string of the molecule is O=[N+]([O-])c1ccc(Cl)cc1CNCC1(C2CC2)CC1. The lowest BCUT2D eigenvalue weighted by Crippen LogP contribution is -2.25. The van der Waals surface area contributed by atoms with Crippen LogP contribution in [0.3, 0.4) is 0 Å². The Hall–Kier alpha value is -1.13. The maximum absolute atomic E-state index is 11.0. The van der Waals surface area contributed by atoms with Crippen molar-refractivity contribution in [3.05, 3.63) is 38.9 Å². The molecule has 0 unspecified atom stereocenters. The van der Waals surface area contributed by atoms with Gasteiger partial charge in [0, 0.05) is 29.7 Å². The van der Waals surface area contributed by atoms with Crippen LogP contribution in [0.15, 0.2) is 18.2 Å². The number of nitrogens with zero attached hydrogens (tertiary/aromatic N) is 1. The van der Waals surface area contributed by atoms with Crippen LogP contribution in [0.25, 0.3) is 0 Å². The summed E-state index contributed by atoms with van der Waals surface area (Å²) in [6.45, 7) is 1.49. The first-order valence-corrected chi connectivity index (χ1v) is 7.12. The third-order valence-electron chi connectivity index (χ3n) is 4.37. The highest BCUT2D eigenvalue weighted by atomic mass is 35.5. The molecular weight excluding hydrogens is 264 g/mol. The second-order valence-corrected chi connectivity index (χ2v) is 6.21. The van der Waals surface area contributed by atoms with E-state index in [2.05, 4.69) is 5.32 Å². The molecule has 2 fully saturated rings. The van der Waals surface area contributed by atoms with Crippen LogP contribution in [-0.4, -0.2) is 11.5 Å². The van der Waals surface area contributed by atoms with E-state index in [9.17, 15) is 10.1 Å². The number of hydrogen-bond acceptors (Lipinski definition) is 3. The number of nitro groups is 1. The fourth-order valence-electron chi connectivity index (χ4n) is 2.91. The van der Waals surface area contributed by atoms with E-state index < -0.39 is 0 Å². The van der Waals surface area contributed by atoms with Gasteiger partial charge in [-0.1, -0.05) is 11.6 Å². The zero-order chi connectivity index (χ0) is 13.5. The zero-order valence-electron chi connectivity index (χ0n) is 10.7. The molecule has 0 atom stereocenters. The third-order valence-corrected chi connectivity index (χ3v) is 4.60. The van der Waals surface area contributed by atoms with Crippen molar-refractivity contribution in [3.8, 4) is 0 Å². The highest BCUT2D eigenvalue weighted by Gasteiger charge is 2.53. The van der Waals surface area contributed by atoms with Crippen LogP contribution in [0.5, 0.6) is 0 Å². The molecule has 3 rings (SSSR count). The van der Waals surface area contributed by atoms with Crippen molar-refractivity contribution in [2.75, 3.05) is 6.54 Å². The van der Waals surface area contributed by atoms with Gasteiger partial charge >= 0.3 is 0 Å². The minimum absolute atomic E-state index is 0.146. The van der Waals surface area contributed by atoms with E-state index in [1.807, 2.05) is 0 Å². The van der Waals surface area contributed by atoms with E-state index in [0.29, 0.717) is 22.5 Å². The number of nitro benzene ring substituents is 1. The van der Waals surface area contributed by atoms with E-state index in [0.717, 1.165) is 12.5 Å². The molecular formula is C14H17ClN2O2. The van der Waals surface area contributed by atoms with Gasteiger partial charge in [-0.05, 0) is 49.1 Å². The normalized spacial score (nSPS) is 20.3. The van der Waals surface area contributed by atoms with Crippen molar-refractivity contribution in [3.63, 3.8) is 0 Å². The summed E-state index contributed by atoms with van der Waals surface area (Å²) in [5.74, 6) is 0.898. The van der Waals surface area contributed by atoms with E-state index >= 15 is 0 Å². The van der Waals surface area contributed by atoms with Crippen molar-refractivity contribution in [1.29, 1.82) is 0 Å². The summed E-state index contributed by atoms with van der Waals surface area (Å²) in [7, 11) is 0. The predicted molar refractivity (Wildman–Crippen MR) is 74.2 cm³/mol. The number of halogens is 1. The Morgan fingerprint density at radius 3 is 2.74 bits per heavy atom. The van der Waals surface area contributed by atoms with E-state index in [4.69, 9.17) is 11.6 Å². The van der Waals surface area contributed by atoms with Crippen molar-refractivity contribution in [1.82, 2.24) is 5.32 Å². The Balaban J connectivity index is 1.62. The molecule has 5 heteroatoms. The van der Waals surface area contributed by atoms with Gasteiger partial charge in [0.2, 0.25) is 0 Å². The molecule has 19 heavy (non-hydrogen) atoms. The van der Waals surface area contributed by atoms with Crippen molar-refractivity contribution in [2.24, 2.45) is 11.3 Å². The second-order valence-electron chi connectivity index (χ2n) is 5.77. The lowest BCUT2D eigenvalue weighted by atomic mass is 10.0. The number of rotatable bonds is 6. The van der Waals surface area contributed by atoms with Gasteiger partial charge in [-0.2, -0.15) is 0 Å². The summed E-state index contributed by atoms with van der Waals surface area (Å²) in [5.41, 5.74) is 1.32. The molecule has 1 aromatic rings. The first-order chi connectivity index (χ1) is 9.11. The van der Waals surface area contributed by atoms with Crippen LogP contribution in [0.4, 0.5) is 5.69 Å². The van der Waals surface area contributed by atoms with Gasteiger partial charge < -0.3 is 5.32 Å². The first-order valence-electron chi connectivity index (χ1n) is 6.74. The van der Waals surface area contributed by atoms with E-state index in [1.165, 1.54) is 31.7 Å². The van der Waals surface area contributed by atoms with Crippen LogP contribution in [-0.2, 0) is 6.54 Å². The second kappa shape index (κ2) is 4.76. The largest absolute Gasteiger partial charge is 0.312 e. The lowest BCUT2D eigenvalue weighted by Gasteiger charge is -2.15. The van der Waals surface area contributed by atoms with Crippen LogP contribution in [0.1, 0.15) is 31.2 Å². The molecule has 0 radical (unpaired) electrons. The summed E-state index contributed by atoms with van der Waals surface area (Å²) in [5, 5.41) is 14.9. The Kier molecular flexibility index (Phi) is 3.23. The molecule has 2 aliphatic carbocycles. The van der Waals surface area contributed by atoms with Gasteiger partial charge in [-0.15, -0.1) is 0 Å². The molecule has 1 N–H and O–H groups in total. The molecule has 0 spiro atoms. The molecule has 0 bridgehead atoms. The van der Waals surface area contributed by atoms with Crippen LogP contribution >= 0.6 is 11.6 Å². The molecule has 0 aliphatic heterocycles. The minimum atomic E-state index is -0.346. The molecule has 2 saturated carbocycles. The monoisotopic (exact) mass is 280 g/mol. The third kappa shape index (κ3) is 2.74. The smallest absolute Gasteiger partial charge is 0.273 e. The average molecular weight is 281 g/mol. The van der Waals surface area contributed by atoms with Gasteiger partial charge in [0.05, 0.1) is 4.92 Å². The van der Waals surface area contributed by atoms with Crippen molar-refractivity contribution >= 4 is 17.3 Å². The van der Waals surface area contributed by atoms with Gasteiger partial charge in [0.15, 0.2) is 0 Å². The van der Waals surface area contributed by atoms with Crippen LogP contribution in [0.2, 0.25) is 5.02 Å². The summed E-state index contributed by atoms with van der Waals surface area (Å²) in [4.78, 5) is 10.6. The predicted octanol–water partition coefficient (Wildman–Crippen LogP) is 3.53. The van der Waals surface area contributed by atoms with E-state index in [1.54, 1.807) is 12.1 Å². The minimum Gasteiger partial charge on any atom is -0.312 e. The molecule has 1 aromatic carbocycles. The maximum atomic E-state index is 11.0. The molecule has 4 nitrogen and oxygen atoms in total. The molecule has 102 valence electrons. The van der Waals surface area contributed by atoms with Gasteiger partial charge in [0.1, 0.15) is 0 Å². The van der Waals surface area contributed by atoms with Gasteiger partial charge in [-0.25, -0.2) is 0 Å². The number of benzene rings is 1. The van der Waals surface area contributed by atoms with E-state index in [-0.39, 0.29) is 10.6 Å². The summed E-state index contributed by atoms with van der Waals surface area (Å²) in [6, 6.07) is 4.73. The van der Waals surface area contributed by atoms with Crippen molar-refractivity contribution < 1.29 is 4.92 Å². The zero-order valence-corrected chi connectivity index (χ0v) is 11.4. The Labute approximate surface area is 117 Å². The fraction of sp³-hybridized carbons (Fsp3) is 0.571.